The standard InChI is InChI=1S/C14H21F3O3/c1-9(2)11(18)20-12(3)7-5-10(6-8-12)13(4,19)14(15,16)17/h10,19H,1,5-8H2,2-4H3/t10-,12-,13?. The Bertz CT molecular complexity index is 391. The number of alkyl halides is 3. The van der Waals surface area contributed by atoms with E-state index in [4.69, 9.17) is 4.74 Å². The molecule has 0 aromatic carbocycles. The van der Waals surface area contributed by atoms with E-state index >= 15 is 0 Å². The molecule has 20 heavy (non-hydrogen) atoms. The van der Waals surface area contributed by atoms with Crippen LogP contribution in [0.5, 0.6) is 0 Å². The lowest BCUT2D eigenvalue weighted by Gasteiger charge is -2.42. The third-order valence-corrected chi connectivity index (χ3v) is 4.10. The topological polar surface area (TPSA) is 46.5 Å². The van der Waals surface area contributed by atoms with Gasteiger partial charge in [0, 0.05) is 5.57 Å². The quantitative estimate of drug-likeness (QED) is 0.641. The van der Waals surface area contributed by atoms with Gasteiger partial charge >= 0.3 is 12.1 Å². The summed E-state index contributed by atoms with van der Waals surface area (Å²) in [5.41, 5.74) is -3.23. The number of hydrogen-bond donors (Lipinski definition) is 1. The molecule has 1 saturated carbocycles. The minimum absolute atomic E-state index is 0.159. The van der Waals surface area contributed by atoms with Crippen molar-refractivity contribution < 1.29 is 27.8 Å². The molecule has 1 atom stereocenters. The van der Waals surface area contributed by atoms with Crippen LogP contribution in [0.15, 0.2) is 12.2 Å². The predicted molar refractivity (Wildman–Crippen MR) is 67.9 cm³/mol. The molecular formula is C14H21F3O3. The fraction of sp³-hybridized carbons (Fsp3) is 0.786. The smallest absolute Gasteiger partial charge is 0.417 e. The molecule has 0 spiro atoms. The van der Waals surface area contributed by atoms with Gasteiger partial charge in [-0.05, 0) is 52.4 Å². The summed E-state index contributed by atoms with van der Waals surface area (Å²) in [7, 11) is 0. The first-order valence-corrected chi connectivity index (χ1v) is 6.57. The molecule has 0 aromatic rings. The van der Waals surface area contributed by atoms with Crippen molar-refractivity contribution >= 4 is 5.97 Å². The van der Waals surface area contributed by atoms with Crippen LogP contribution < -0.4 is 0 Å². The number of rotatable bonds is 3. The Labute approximate surface area is 116 Å². The van der Waals surface area contributed by atoms with E-state index in [9.17, 15) is 23.1 Å². The molecule has 0 bridgehead atoms. The van der Waals surface area contributed by atoms with E-state index < -0.39 is 29.3 Å². The van der Waals surface area contributed by atoms with Crippen LogP contribution in [0.1, 0.15) is 46.5 Å². The second-order valence-corrected chi connectivity index (χ2v) is 6.04. The van der Waals surface area contributed by atoms with Crippen LogP contribution in [0, 0.1) is 5.92 Å². The summed E-state index contributed by atoms with van der Waals surface area (Å²) in [6, 6.07) is 0. The van der Waals surface area contributed by atoms with Gasteiger partial charge in [-0.25, -0.2) is 4.79 Å². The number of halogens is 3. The van der Waals surface area contributed by atoms with Gasteiger partial charge in [0.25, 0.3) is 0 Å². The van der Waals surface area contributed by atoms with Crippen molar-refractivity contribution in [2.75, 3.05) is 0 Å². The van der Waals surface area contributed by atoms with Crippen LogP contribution in [0.3, 0.4) is 0 Å². The number of carbonyl (C=O) groups is 1. The molecule has 1 N–H and O–H groups in total. The highest BCUT2D eigenvalue weighted by Crippen LogP contribution is 2.45. The minimum atomic E-state index is -4.65. The number of esters is 1. The average Bonchev–Trinajstić information content (AvgIpc) is 2.27. The Morgan fingerprint density at radius 2 is 1.80 bits per heavy atom. The van der Waals surface area contributed by atoms with Crippen molar-refractivity contribution in [1.29, 1.82) is 0 Å². The molecule has 0 aromatic heterocycles. The zero-order chi connectivity index (χ0) is 15.8. The summed E-state index contributed by atoms with van der Waals surface area (Å²) < 4.78 is 43.6. The Hall–Kier alpha value is -1.04. The van der Waals surface area contributed by atoms with Crippen LogP contribution in [0.4, 0.5) is 13.2 Å². The van der Waals surface area contributed by atoms with Gasteiger partial charge in [-0.1, -0.05) is 6.58 Å². The lowest BCUT2D eigenvalue weighted by Crippen LogP contribution is -2.51. The van der Waals surface area contributed by atoms with Gasteiger partial charge in [0.2, 0.25) is 0 Å². The van der Waals surface area contributed by atoms with Crippen LogP contribution >= 0.6 is 0 Å². The van der Waals surface area contributed by atoms with Crippen molar-refractivity contribution in [2.24, 2.45) is 5.92 Å². The van der Waals surface area contributed by atoms with Crippen LogP contribution in [-0.2, 0) is 9.53 Å². The molecule has 1 aliphatic carbocycles. The van der Waals surface area contributed by atoms with Crippen molar-refractivity contribution in [3.8, 4) is 0 Å². The van der Waals surface area contributed by atoms with Crippen LogP contribution in [0.2, 0.25) is 0 Å². The molecule has 0 aliphatic heterocycles. The molecule has 116 valence electrons. The number of ether oxygens (including phenoxy) is 1. The Morgan fingerprint density at radius 1 is 1.35 bits per heavy atom. The van der Waals surface area contributed by atoms with Gasteiger partial charge in [-0.3, -0.25) is 0 Å². The Morgan fingerprint density at radius 3 is 2.15 bits per heavy atom. The molecular weight excluding hydrogens is 273 g/mol. The van der Waals surface area contributed by atoms with Crippen molar-refractivity contribution in [3.05, 3.63) is 12.2 Å². The molecule has 1 aliphatic rings. The first-order chi connectivity index (χ1) is 8.89. The molecule has 6 heteroatoms. The highest BCUT2D eigenvalue weighted by molar-refractivity contribution is 5.87. The summed E-state index contributed by atoms with van der Waals surface area (Å²) >= 11 is 0. The Kier molecular flexibility index (Phi) is 4.58. The fourth-order valence-corrected chi connectivity index (χ4v) is 2.43. The van der Waals surface area contributed by atoms with Crippen LogP contribution in [0.25, 0.3) is 0 Å². The van der Waals surface area contributed by atoms with E-state index in [0.717, 1.165) is 6.92 Å². The highest BCUT2D eigenvalue weighted by atomic mass is 19.4. The predicted octanol–water partition coefficient (Wildman–Crippen LogP) is 3.37. The first kappa shape index (κ1) is 17.0. The van der Waals surface area contributed by atoms with E-state index in [2.05, 4.69) is 6.58 Å². The summed E-state index contributed by atoms with van der Waals surface area (Å²) in [5, 5.41) is 9.67. The van der Waals surface area contributed by atoms with E-state index in [1.54, 1.807) is 6.92 Å². The van der Waals surface area contributed by atoms with Gasteiger partial charge in [-0.15, -0.1) is 0 Å². The van der Waals surface area contributed by atoms with Crippen LogP contribution in [-0.4, -0.2) is 28.5 Å². The van der Waals surface area contributed by atoms with Crippen molar-refractivity contribution in [1.82, 2.24) is 0 Å². The molecule has 0 heterocycles. The SMILES string of the molecule is C=C(C)C(=O)O[C@]1(C)CC[C@@H](C(C)(O)C(F)(F)F)CC1. The molecule has 1 rings (SSSR count). The summed E-state index contributed by atoms with van der Waals surface area (Å²) in [6.07, 6.45) is -3.75. The third kappa shape index (κ3) is 3.53. The summed E-state index contributed by atoms with van der Waals surface area (Å²) in [6.45, 7) is 7.50. The third-order valence-electron chi connectivity index (χ3n) is 4.10. The molecule has 1 fully saturated rings. The van der Waals surface area contributed by atoms with Crippen molar-refractivity contribution in [3.63, 3.8) is 0 Å². The first-order valence-electron chi connectivity index (χ1n) is 6.57. The molecule has 1 unspecified atom stereocenters. The van der Waals surface area contributed by atoms with E-state index in [0.29, 0.717) is 12.8 Å². The molecule has 0 saturated heterocycles. The van der Waals surface area contributed by atoms with Gasteiger partial charge in [0.05, 0.1) is 0 Å². The number of hydrogen-bond acceptors (Lipinski definition) is 3. The minimum Gasteiger partial charge on any atom is -0.456 e. The van der Waals surface area contributed by atoms with Gasteiger partial charge in [0.15, 0.2) is 5.60 Å². The Balaban J connectivity index is 2.68. The lowest BCUT2D eigenvalue weighted by molar-refractivity contribution is -0.277. The summed E-state index contributed by atoms with van der Waals surface area (Å²) in [5.74, 6) is -1.41. The summed E-state index contributed by atoms with van der Waals surface area (Å²) in [4.78, 5) is 11.5. The second kappa shape index (κ2) is 5.39. The largest absolute Gasteiger partial charge is 0.456 e. The molecule has 0 radical (unpaired) electrons. The fourth-order valence-electron chi connectivity index (χ4n) is 2.43. The monoisotopic (exact) mass is 294 g/mol. The van der Waals surface area contributed by atoms with E-state index in [-0.39, 0.29) is 18.4 Å². The maximum atomic E-state index is 12.8. The van der Waals surface area contributed by atoms with Gasteiger partial charge < -0.3 is 9.84 Å². The van der Waals surface area contributed by atoms with E-state index in [1.165, 1.54) is 6.92 Å². The highest BCUT2D eigenvalue weighted by Gasteiger charge is 2.56. The number of aliphatic hydroxyl groups is 1. The average molecular weight is 294 g/mol. The molecule has 3 nitrogen and oxygen atoms in total. The van der Waals surface area contributed by atoms with Gasteiger partial charge in [0.1, 0.15) is 5.60 Å². The number of carbonyl (C=O) groups excluding carboxylic acids is 1. The zero-order valence-electron chi connectivity index (χ0n) is 12.0. The zero-order valence-corrected chi connectivity index (χ0v) is 12.0. The normalized spacial score (nSPS) is 30.4. The maximum Gasteiger partial charge on any atom is 0.417 e. The van der Waals surface area contributed by atoms with Gasteiger partial charge in [-0.2, -0.15) is 13.2 Å². The van der Waals surface area contributed by atoms with Crippen molar-refractivity contribution in [2.45, 2.75) is 63.8 Å². The van der Waals surface area contributed by atoms with E-state index in [1.807, 2.05) is 0 Å². The lowest BCUT2D eigenvalue weighted by atomic mass is 9.72. The maximum absolute atomic E-state index is 12.8. The molecule has 0 amide bonds. The second-order valence-electron chi connectivity index (χ2n) is 6.04.